The van der Waals surface area contributed by atoms with E-state index in [1.165, 1.54) is 0 Å². The van der Waals surface area contributed by atoms with Gasteiger partial charge in [0.15, 0.2) is 0 Å². The third kappa shape index (κ3) is 2.59. The topological polar surface area (TPSA) is 73.5 Å². The Kier molecular flexibility index (Phi) is 3.18. The number of aromatic nitrogens is 6. The Morgan fingerprint density at radius 3 is 2.84 bits per heavy atom. The van der Waals surface area contributed by atoms with Gasteiger partial charge in [-0.2, -0.15) is 4.68 Å². The van der Waals surface area contributed by atoms with Gasteiger partial charge in [-0.15, -0.1) is 0 Å². The molecule has 0 saturated heterocycles. The smallest absolute Gasteiger partial charge is 0.247 e. The summed E-state index contributed by atoms with van der Waals surface area (Å²) in [6.07, 6.45) is 5.46. The van der Waals surface area contributed by atoms with Crippen molar-refractivity contribution in [2.45, 2.75) is 6.54 Å². The predicted molar refractivity (Wildman–Crippen MR) is 69.9 cm³/mol. The molecule has 0 fully saturated rings. The van der Waals surface area contributed by atoms with E-state index in [0.717, 1.165) is 18.8 Å². The number of benzene rings is 1. The number of para-hydroxylation sites is 1. The zero-order valence-electron chi connectivity index (χ0n) is 10.2. The lowest BCUT2D eigenvalue weighted by Gasteiger charge is -2.07. The largest absolute Gasteiger partial charge is 0.351 e. The molecule has 0 unspecified atom stereocenters. The molecule has 7 nitrogen and oxygen atoms in total. The van der Waals surface area contributed by atoms with Crippen molar-refractivity contribution in [1.82, 2.24) is 29.8 Å². The third-order valence-corrected chi connectivity index (χ3v) is 2.68. The molecule has 19 heavy (non-hydrogen) atoms. The van der Waals surface area contributed by atoms with Crippen LogP contribution in [0.1, 0.15) is 0 Å². The van der Waals surface area contributed by atoms with E-state index in [4.69, 9.17) is 0 Å². The van der Waals surface area contributed by atoms with Crippen molar-refractivity contribution in [2.75, 3.05) is 11.9 Å². The summed E-state index contributed by atoms with van der Waals surface area (Å²) in [4.78, 5) is 3.99. The minimum atomic E-state index is 0.631. The van der Waals surface area contributed by atoms with E-state index in [2.05, 4.69) is 25.8 Å². The zero-order valence-corrected chi connectivity index (χ0v) is 10.2. The Labute approximate surface area is 109 Å². The van der Waals surface area contributed by atoms with Gasteiger partial charge < -0.3 is 9.88 Å². The first-order valence-corrected chi connectivity index (χ1v) is 5.97. The molecule has 0 aliphatic carbocycles. The lowest BCUT2D eigenvalue weighted by molar-refractivity contribution is 0.719. The van der Waals surface area contributed by atoms with Crippen LogP contribution in [0, 0.1) is 0 Å². The molecule has 96 valence electrons. The van der Waals surface area contributed by atoms with Crippen LogP contribution in [-0.2, 0) is 6.54 Å². The van der Waals surface area contributed by atoms with Crippen LogP contribution in [0.15, 0.2) is 49.1 Å². The van der Waals surface area contributed by atoms with E-state index >= 15 is 0 Å². The van der Waals surface area contributed by atoms with E-state index in [-0.39, 0.29) is 0 Å². The van der Waals surface area contributed by atoms with Gasteiger partial charge in [0.25, 0.3) is 0 Å². The number of nitrogens with zero attached hydrogens (tertiary/aromatic N) is 6. The maximum atomic E-state index is 3.99. The number of anilines is 1. The molecule has 3 rings (SSSR count). The molecule has 0 aliphatic rings. The fraction of sp³-hybridized carbons (Fsp3) is 0.167. The van der Waals surface area contributed by atoms with Crippen molar-refractivity contribution in [2.24, 2.45) is 0 Å². The van der Waals surface area contributed by atoms with E-state index in [0.29, 0.717) is 5.95 Å². The first kappa shape index (κ1) is 11.4. The normalized spacial score (nSPS) is 10.5. The Hall–Kier alpha value is -2.70. The number of hydrogen-bond donors (Lipinski definition) is 1. The van der Waals surface area contributed by atoms with Gasteiger partial charge in [0.05, 0.1) is 12.0 Å². The summed E-state index contributed by atoms with van der Waals surface area (Å²) in [5, 5.41) is 14.9. The van der Waals surface area contributed by atoms with Crippen molar-refractivity contribution >= 4 is 5.95 Å². The Morgan fingerprint density at radius 1 is 1.16 bits per heavy atom. The van der Waals surface area contributed by atoms with Crippen molar-refractivity contribution in [1.29, 1.82) is 0 Å². The second-order valence-electron chi connectivity index (χ2n) is 3.98. The predicted octanol–water partition coefficient (Wildman–Crippen LogP) is 0.971. The van der Waals surface area contributed by atoms with Crippen LogP contribution in [0.3, 0.4) is 0 Å². The Morgan fingerprint density at radius 2 is 2.05 bits per heavy atom. The molecular formula is C12H13N7. The summed E-state index contributed by atoms with van der Waals surface area (Å²) >= 11 is 0. The van der Waals surface area contributed by atoms with E-state index < -0.39 is 0 Å². The van der Waals surface area contributed by atoms with Crippen LogP contribution in [0.2, 0.25) is 0 Å². The van der Waals surface area contributed by atoms with Gasteiger partial charge in [0, 0.05) is 25.5 Å². The molecule has 0 amide bonds. The zero-order chi connectivity index (χ0) is 12.9. The summed E-state index contributed by atoms with van der Waals surface area (Å²) in [6, 6.07) is 9.77. The summed E-state index contributed by atoms with van der Waals surface area (Å²) in [5.41, 5.74) is 0.928. The monoisotopic (exact) mass is 255 g/mol. The standard InChI is InChI=1S/C12H13N7/c1-2-4-11(5-3-1)19-12(15-16-17-19)14-7-9-18-8-6-13-10-18/h1-6,8,10H,7,9H2,(H,14,15,17). The van der Waals surface area contributed by atoms with Gasteiger partial charge in [0.1, 0.15) is 0 Å². The lowest BCUT2D eigenvalue weighted by atomic mass is 10.3. The van der Waals surface area contributed by atoms with Crippen LogP contribution >= 0.6 is 0 Å². The summed E-state index contributed by atoms with van der Waals surface area (Å²) in [6.45, 7) is 1.53. The van der Waals surface area contributed by atoms with E-state index in [1.807, 2.05) is 41.1 Å². The minimum Gasteiger partial charge on any atom is -0.351 e. The number of rotatable bonds is 5. The number of imidazole rings is 1. The molecule has 2 aromatic heterocycles. The molecule has 2 heterocycles. The fourth-order valence-corrected chi connectivity index (χ4v) is 1.76. The summed E-state index contributed by atoms with van der Waals surface area (Å²) < 4.78 is 3.66. The van der Waals surface area contributed by atoms with Gasteiger partial charge in [-0.25, -0.2) is 4.98 Å². The highest BCUT2D eigenvalue weighted by atomic mass is 15.6. The maximum Gasteiger partial charge on any atom is 0.247 e. The molecular weight excluding hydrogens is 242 g/mol. The molecule has 0 radical (unpaired) electrons. The molecule has 0 bridgehead atoms. The van der Waals surface area contributed by atoms with Crippen molar-refractivity contribution in [3.8, 4) is 5.69 Å². The average Bonchev–Trinajstić information content (AvgIpc) is 3.11. The second kappa shape index (κ2) is 5.30. The van der Waals surface area contributed by atoms with Crippen LogP contribution in [0.25, 0.3) is 5.69 Å². The van der Waals surface area contributed by atoms with Crippen LogP contribution < -0.4 is 5.32 Å². The highest BCUT2D eigenvalue weighted by molar-refractivity contribution is 5.38. The van der Waals surface area contributed by atoms with Crippen molar-refractivity contribution in [3.05, 3.63) is 49.1 Å². The molecule has 7 heteroatoms. The van der Waals surface area contributed by atoms with Gasteiger partial charge in [-0.1, -0.05) is 23.3 Å². The van der Waals surface area contributed by atoms with Crippen molar-refractivity contribution < 1.29 is 0 Å². The molecule has 3 aromatic rings. The average molecular weight is 255 g/mol. The number of hydrogen-bond acceptors (Lipinski definition) is 5. The molecule has 0 atom stereocenters. The molecule has 0 spiro atoms. The molecule has 0 aliphatic heterocycles. The molecule has 1 N–H and O–H groups in total. The maximum absolute atomic E-state index is 3.99. The van der Waals surface area contributed by atoms with Crippen LogP contribution in [0.4, 0.5) is 5.95 Å². The summed E-state index contributed by atoms with van der Waals surface area (Å²) in [5.74, 6) is 0.631. The minimum absolute atomic E-state index is 0.631. The molecule has 1 aromatic carbocycles. The van der Waals surface area contributed by atoms with Gasteiger partial charge in [0.2, 0.25) is 5.95 Å². The second-order valence-corrected chi connectivity index (χ2v) is 3.98. The van der Waals surface area contributed by atoms with Gasteiger partial charge in [-0.3, -0.25) is 0 Å². The fourth-order valence-electron chi connectivity index (χ4n) is 1.76. The van der Waals surface area contributed by atoms with Crippen LogP contribution in [0.5, 0.6) is 0 Å². The number of tetrazole rings is 1. The molecule has 0 saturated carbocycles. The third-order valence-electron chi connectivity index (χ3n) is 2.68. The quantitative estimate of drug-likeness (QED) is 0.735. The SMILES string of the molecule is c1ccc(-n2nnnc2NCCn2ccnc2)cc1. The van der Waals surface area contributed by atoms with Crippen LogP contribution in [-0.4, -0.2) is 36.3 Å². The first-order valence-electron chi connectivity index (χ1n) is 5.97. The van der Waals surface area contributed by atoms with E-state index in [1.54, 1.807) is 17.2 Å². The summed E-state index contributed by atoms with van der Waals surface area (Å²) in [7, 11) is 0. The number of nitrogens with one attached hydrogen (secondary N) is 1. The highest BCUT2D eigenvalue weighted by Gasteiger charge is 2.06. The van der Waals surface area contributed by atoms with E-state index in [9.17, 15) is 0 Å². The van der Waals surface area contributed by atoms with Crippen molar-refractivity contribution in [3.63, 3.8) is 0 Å². The lowest BCUT2D eigenvalue weighted by Crippen LogP contribution is -2.13. The highest BCUT2D eigenvalue weighted by Crippen LogP contribution is 2.09. The Bertz CT molecular complexity index is 615. The van der Waals surface area contributed by atoms with Gasteiger partial charge in [-0.05, 0) is 22.6 Å². The Balaban J connectivity index is 1.67. The van der Waals surface area contributed by atoms with Gasteiger partial charge >= 0.3 is 0 Å². The first-order chi connectivity index (χ1) is 9.43.